The molecule has 106 valence electrons. The van der Waals surface area contributed by atoms with E-state index in [9.17, 15) is 9.90 Å². The topological polar surface area (TPSA) is 62.4 Å². The van der Waals surface area contributed by atoms with E-state index < -0.39 is 11.4 Å². The lowest BCUT2D eigenvalue weighted by Gasteiger charge is -2.42. The normalized spacial score (nSPS) is 58.9. The molecule has 2 aliphatic carbocycles. The Bertz CT molecular complexity index is 422. The van der Waals surface area contributed by atoms with Crippen molar-refractivity contribution in [1.82, 2.24) is 0 Å². The maximum absolute atomic E-state index is 12.0. The second kappa shape index (κ2) is 3.73. The molecule has 4 heteroatoms. The van der Waals surface area contributed by atoms with Crippen LogP contribution in [0, 0.1) is 23.2 Å². The van der Waals surface area contributed by atoms with Crippen molar-refractivity contribution in [3.05, 3.63) is 0 Å². The quantitative estimate of drug-likeness (QED) is 0.777. The number of epoxide rings is 2. The van der Waals surface area contributed by atoms with Gasteiger partial charge < -0.3 is 14.6 Å². The summed E-state index contributed by atoms with van der Waals surface area (Å²) in [6, 6.07) is 0. The predicted octanol–water partition coefficient (Wildman–Crippen LogP) is 2.07. The number of hydrogen-bond donors (Lipinski definition) is 1. The Balaban J connectivity index is 1.62. The molecule has 8 atom stereocenters. The van der Waals surface area contributed by atoms with E-state index in [1.165, 1.54) is 0 Å². The minimum absolute atomic E-state index is 0.202. The molecule has 0 spiro atoms. The third-order valence-electron chi connectivity index (χ3n) is 6.00. The summed E-state index contributed by atoms with van der Waals surface area (Å²) >= 11 is 0. The van der Waals surface area contributed by atoms with Crippen molar-refractivity contribution >= 4 is 5.97 Å². The van der Waals surface area contributed by atoms with Crippen LogP contribution in [0.25, 0.3) is 0 Å². The van der Waals surface area contributed by atoms with E-state index in [-0.39, 0.29) is 12.0 Å². The van der Waals surface area contributed by atoms with Crippen LogP contribution in [0.1, 0.15) is 39.5 Å². The summed E-state index contributed by atoms with van der Waals surface area (Å²) in [5.41, 5.74) is -0.567. The van der Waals surface area contributed by atoms with Crippen LogP contribution < -0.4 is 0 Å². The first-order chi connectivity index (χ1) is 9.01. The minimum Gasteiger partial charge on any atom is -0.481 e. The number of carboxylic acids is 1. The van der Waals surface area contributed by atoms with E-state index in [4.69, 9.17) is 9.47 Å². The fourth-order valence-electron chi connectivity index (χ4n) is 4.89. The lowest BCUT2D eigenvalue weighted by molar-refractivity contribution is -0.157. The van der Waals surface area contributed by atoms with Crippen molar-refractivity contribution < 1.29 is 19.4 Å². The molecule has 2 saturated heterocycles. The van der Waals surface area contributed by atoms with Crippen molar-refractivity contribution in [1.29, 1.82) is 0 Å². The van der Waals surface area contributed by atoms with Crippen LogP contribution in [0.15, 0.2) is 0 Å². The van der Waals surface area contributed by atoms with Gasteiger partial charge in [-0.2, -0.15) is 0 Å². The number of rotatable bonds is 2. The van der Waals surface area contributed by atoms with Gasteiger partial charge in [-0.3, -0.25) is 4.79 Å². The second-order valence-electron chi connectivity index (χ2n) is 7.27. The van der Waals surface area contributed by atoms with E-state index in [0.29, 0.717) is 36.6 Å². The van der Waals surface area contributed by atoms with E-state index in [2.05, 4.69) is 13.8 Å². The first-order valence-corrected chi connectivity index (χ1v) is 7.55. The highest BCUT2D eigenvalue weighted by molar-refractivity contribution is 5.75. The first kappa shape index (κ1) is 12.2. The molecule has 4 fully saturated rings. The van der Waals surface area contributed by atoms with E-state index in [1.807, 2.05) is 0 Å². The van der Waals surface area contributed by atoms with Gasteiger partial charge in [-0.05, 0) is 43.4 Å². The molecule has 8 unspecified atom stereocenters. The second-order valence-corrected chi connectivity index (χ2v) is 7.27. The molecule has 0 bridgehead atoms. The van der Waals surface area contributed by atoms with Gasteiger partial charge in [-0.25, -0.2) is 0 Å². The van der Waals surface area contributed by atoms with Crippen molar-refractivity contribution in [3.63, 3.8) is 0 Å². The van der Waals surface area contributed by atoms with Gasteiger partial charge in [0.15, 0.2) is 0 Å². The zero-order valence-electron chi connectivity index (χ0n) is 11.5. The molecule has 4 nitrogen and oxygen atoms in total. The SMILES string of the molecule is CC1CC(C2(C(=O)O)CC(C)C3OC3C2)CC2OC12. The Hall–Kier alpha value is -0.610. The molecule has 0 radical (unpaired) electrons. The van der Waals surface area contributed by atoms with Gasteiger partial charge in [0, 0.05) is 0 Å². The summed E-state index contributed by atoms with van der Waals surface area (Å²) in [4.78, 5) is 12.0. The molecule has 0 aromatic rings. The van der Waals surface area contributed by atoms with Crippen LogP contribution in [-0.2, 0) is 14.3 Å². The van der Waals surface area contributed by atoms with Crippen LogP contribution in [-0.4, -0.2) is 35.5 Å². The summed E-state index contributed by atoms with van der Waals surface area (Å²) in [6.07, 6.45) is 4.70. The highest BCUT2D eigenvalue weighted by atomic mass is 16.6. The Labute approximate surface area is 113 Å². The molecule has 0 aromatic heterocycles. The van der Waals surface area contributed by atoms with Gasteiger partial charge >= 0.3 is 5.97 Å². The Kier molecular flexibility index (Phi) is 2.39. The average molecular weight is 266 g/mol. The Morgan fingerprint density at radius 2 is 1.74 bits per heavy atom. The van der Waals surface area contributed by atoms with Gasteiger partial charge in [0.2, 0.25) is 0 Å². The number of ether oxygens (including phenoxy) is 2. The first-order valence-electron chi connectivity index (χ1n) is 7.55. The van der Waals surface area contributed by atoms with E-state index >= 15 is 0 Å². The smallest absolute Gasteiger partial charge is 0.310 e. The molecule has 0 aromatic carbocycles. The maximum Gasteiger partial charge on any atom is 0.310 e. The zero-order valence-corrected chi connectivity index (χ0v) is 11.5. The summed E-state index contributed by atoms with van der Waals surface area (Å²) in [6.45, 7) is 4.35. The van der Waals surface area contributed by atoms with Crippen LogP contribution >= 0.6 is 0 Å². The van der Waals surface area contributed by atoms with Gasteiger partial charge in [0.25, 0.3) is 0 Å². The van der Waals surface area contributed by atoms with Crippen molar-refractivity contribution in [3.8, 4) is 0 Å². The molecule has 4 aliphatic rings. The molecule has 1 N–H and O–H groups in total. The van der Waals surface area contributed by atoms with Crippen LogP contribution in [0.3, 0.4) is 0 Å². The molecule has 2 heterocycles. The number of fused-ring (bicyclic) bond motifs is 2. The fraction of sp³-hybridized carbons (Fsp3) is 0.933. The van der Waals surface area contributed by atoms with Gasteiger partial charge in [-0.15, -0.1) is 0 Å². The molecule has 19 heavy (non-hydrogen) atoms. The highest BCUT2D eigenvalue weighted by Gasteiger charge is 2.63. The lowest BCUT2D eigenvalue weighted by Crippen LogP contribution is -2.47. The predicted molar refractivity (Wildman–Crippen MR) is 67.7 cm³/mol. The maximum atomic E-state index is 12.0. The summed E-state index contributed by atoms with van der Waals surface area (Å²) in [5, 5.41) is 9.88. The zero-order chi connectivity index (χ0) is 13.4. The lowest BCUT2D eigenvalue weighted by atomic mass is 9.58. The summed E-state index contributed by atoms with van der Waals surface area (Å²) < 4.78 is 11.3. The standard InChI is InChI=1S/C15H22O4/c1-7-3-9(4-10-12(7)18-10)15(14(16)17)5-8(2)13-11(6-15)19-13/h7-13H,3-6H2,1-2H3,(H,16,17). The molecule has 0 amide bonds. The number of carbonyl (C=O) groups is 1. The molecular formula is C15H22O4. The van der Waals surface area contributed by atoms with Crippen molar-refractivity contribution in [2.75, 3.05) is 0 Å². The van der Waals surface area contributed by atoms with E-state index in [1.54, 1.807) is 0 Å². The largest absolute Gasteiger partial charge is 0.481 e. The van der Waals surface area contributed by atoms with Gasteiger partial charge in [-0.1, -0.05) is 13.8 Å². The molecular weight excluding hydrogens is 244 g/mol. The Morgan fingerprint density at radius 1 is 1.05 bits per heavy atom. The van der Waals surface area contributed by atoms with E-state index in [0.717, 1.165) is 19.3 Å². The van der Waals surface area contributed by atoms with Crippen molar-refractivity contribution in [2.45, 2.75) is 63.9 Å². The summed E-state index contributed by atoms with van der Waals surface area (Å²) in [7, 11) is 0. The summed E-state index contributed by atoms with van der Waals surface area (Å²) in [5.74, 6) is 0.539. The van der Waals surface area contributed by atoms with Gasteiger partial charge in [0.1, 0.15) is 0 Å². The van der Waals surface area contributed by atoms with Gasteiger partial charge in [0.05, 0.1) is 29.8 Å². The number of hydrogen-bond acceptors (Lipinski definition) is 3. The third-order valence-corrected chi connectivity index (χ3v) is 6.00. The van der Waals surface area contributed by atoms with Crippen LogP contribution in [0.2, 0.25) is 0 Å². The monoisotopic (exact) mass is 266 g/mol. The molecule has 2 saturated carbocycles. The highest BCUT2D eigenvalue weighted by Crippen LogP contribution is 2.58. The minimum atomic E-state index is -0.607. The third kappa shape index (κ3) is 1.69. The fourth-order valence-corrected chi connectivity index (χ4v) is 4.89. The number of carboxylic acid groups (broad SMARTS) is 1. The number of aliphatic carboxylic acids is 1. The van der Waals surface area contributed by atoms with Crippen molar-refractivity contribution in [2.24, 2.45) is 23.2 Å². The molecule has 4 rings (SSSR count). The Morgan fingerprint density at radius 3 is 2.37 bits per heavy atom. The van der Waals surface area contributed by atoms with Crippen LogP contribution in [0.5, 0.6) is 0 Å². The molecule has 2 aliphatic heterocycles. The van der Waals surface area contributed by atoms with Crippen LogP contribution in [0.4, 0.5) is 0 Å². The average Bonchev–Trinajstić information content (AvgIpc) is 3.21.